The van der Waals surface area contributed by atoms with E-state index in [-0.39, 0.29) is 17.2 Å². The van der Waals surface area contributed by atoms with Crippen LogP contribution < -0.4 is 10.6 Å². The van der Waals surface area contributed by atoms with Gasteiger partial charge in [0.2, 0.25) is 5.91 Å². The molecular formula is C27H19Cl2N3O4S. The Morgan fingerprint density at radius 2 is 1.51 bits per heavy atom. The molecule has 0 bridgehead atoms. The van der Waals surface area contributed by atoms with Crippen LogP contribution in [0.15, 0.2) is 102 Å². The van der Waals surface area contributed by atoms with Crippen molar-refractivity contribution in [2.75, 3.05) is 10.6 Å². The molecule has 0 radical (unpaired) electrons. The minimum atomic E-state index is -0.613. The molecule has 0 aliphatic rings. The first kappa shape index (κ1) is 26.2. The summed E-state index contributed by atoms with van der Waals surface area (Å²) in [6.07, 6.45) is 0. The Labute approximate surface area is 227 Å². The zero-order valence-corrected chi connectivity index (χ0v) is 21.4. The number of non-ortho nitro benzene ring substituents is 1. The summed E-state index contributed by atoms with van der Waals surface area (Å²) in [6.45, 7) is 0. The summed E-state index contributed by atoms with van der Waals surface area (Å²) >= 11 is 13.4. The molecule has 1 atom stereocenters. The van der Waals surface area contributed by atoms with Crippen molar-refractivity contribution in [3.8, 4) is 0 Å². The minimum absolute atomic E-state index is 0.162. The van der Waals surface area contributed by atoms with Gasteiger partial charge in [-0.05, 0) is 48.0 Å². The highest BCUT2D eigenvalue weighted by Gasteiger charge is 2.23. The standard InChI is InChI=1S/C27H19Cl2N3O4S/c28-23-13-12-20(16-24(23)29)31-27(34)25(17-6-2-1-3-7-17)37-22-11-5-9-19(15-22)30-26(33)18-8-4-10-21(14-18)32(35)36/h1-16,25H,(H,30,33)(H,31,34). The number of nitrogens with zero attached hydrogens (tertiary/aromatic N) is 1. The molecular weight excluding hydrogens is 533 g/mol. The SMILES string of the molecule is O=C(Nc1cccc(SC(C(=O)Nc2ccc(Cl)c(Cl)c2)c2ccccc2)c1)c1cccc([N+](=O)[O-])c1. The average molecular weight is 552 g/mol. The highest BCUT2D eigenvalue weighted by Crippen LogP contribution is 2.37. The summed E-state index contributed by atoms with van der Waals surface area (Å²) in [5.74, 6) is -0.747. The molecule has 10 heteroatoms. The van der Waals surface area contributed by atoms with Crippen molar-refractivity contribution in [2.24, 2.45) is 0 Å². The number of rotatable bonds is 8. The number of nitro benzene ring substituents is 1. The van der Waals surface area contributed by atoms with Gasteiger partial charge in [-0.25, -0.2) is 0 Å². The second-order valence-electron chi connectivity index (χ2n) is 7.82. The Morgan fingerprint density at radius 1 is 0.784 bits per heavy atom. The van der Waals surface area contributed by atoms with Crippen molar-refractivity contribution in [3.63, 3.8) is 0 Å². The predicted molar refractivity (Wildman–Crippen MR) is 148 cm³/mol. The van der Waals surface area contributed by atoms with Gasteiger partial charge in [0.15, 0.2) is 0 Å². The maximum absolute atomic E-state index is 13.3. The smallest absolute Gasteiger partial charge is 0.270 e. The molecule has 37 heavy (non-hydrogen) atoms. The molecule has 4 aromatic carbocycles. The van der Waals surface area contributed by atoms with Crippen molar-refractivity contribution in [2.45, 2.75) is 10.1 Å². The molecule has 0 aliphatic heterocycles. The fraction of sp³-hybridized carbons (Fsp3) is 0.0370. The summed E-state index contributed by atoms with van der Waals surface area (Å²) in [7, 11) is 0. The van der Waals surface area contributed by atoms with Gasteiger partial charge < -0.3 is 10.6 Å². The number of amides is 2. The number of carbonyl (C=O) groups is 2. The van der Waals surface area contributed by atoms with Gasteiger partial charge in [-0.2, -0.15) is 0 Å². The highest BCUT2D eigenvalue weighted by molar-refractivity contribution is 8.00. The van der Waals surface area contributed by atoms with E-state index < -0.39 is 16.1 Å². The zero-order valence-electron chi connectivity index (χ0n) is 19.1. The number of thioether (sulfide) groups is 1. The molecule has 0 saturated heterocycles. The Morgan fingerprint density at radius 3 is 2.24 bits per heavy atom. The van der Waals surface area contributed by atoms with Crippen LogP contribution in [0.4, 0.5) is 17.1 Å². The number of hydrogen-bond donors (Lipinski definition) is 2. The summed E-state index contributed by atoms with van der Waals surface area (Å²) in [5.41, 5.74) is 1.78. The lowest BCUT2D eigenvalue weighted by molar-refractivity contribution is -0.384. The summed E-state index contributed by atoms with van der Waals surface area (Å²) in [5, 5.41) is 16.8. The lowest BCUT2D eigenvalue weighted by atomic mass is 10.1. The van der Waals surface area contributed by atoms with Crippen LogP contribution in [-0.4, -0.2) is 16.7 Å². The van der Waals surface area contributed by atoms with E-state index in [0.29, 0.717) is 21.4 Å². The largest absolute Gasteiger partial charge is 0.325 e. The highest BCUT2D eigenvalue weighted by atomic mass is 35.5. The number of carbonyl (C=O) groups excluding carboxylic acids is 2. The van der Waals surface area contributed by atoms with Crippen LogP contribution in [-0.2, 0) is 4.79 Å². The predicted octanol–water partition coefficient (Wildman–Crippen LogP) is 7.63. The van der Waals surface area contributed by atoms with Crippen LogP contribution in [0.1, 0.15) is 21.2 Å². The van der Waals surface area contributed by atoms with Crippen LogP contribution >= 0.6 is 35.0 Å². The van der Waals surface area contributed by atoms with E-state index in [1.165, 1.54) is 36.0 Å². The van der Waals surface area contributed by atoms with Gasteiger partial charge in [0, 0.05) is 34.0 Å². The van der Waals surface area contributed by atoms with E-state index in [4.69, 9.17) is 23.2 Å². The van der Waals surface area contributed by atoms with E-state index in [1.54, 1.807) is 36.4 Å². The number of hydrogen-bond acceptors (Lipinski definition) is 5. The second kappa shape index (κ2) is 11.9. The number of nitrogens with one attached hydrogen (secondary N) is 2. The maximum Gasteiger partial charge on any atom is 0.270 e. The summed E-state index contributed by atoms with van der Waals surface area (Å²) < 4.78 is 0. The van der Waals surface area contributed by atoms with Crippen molar-refractivity contribution >= 4 is 63.8 Å². The molecule has 2 N–H and O–H groups in total. The van der Waals surface area contributed by atoms with Crippen molar-refractivity contribution in [1.29, 1.82) is 0 Å². The van der Waals surface area contributed by atoms with E-state index in [9.17, 15) is 19.7 Å². The quantitative estimate of drug-likeness (QED) is 0.133. The molecule has 0 aromatic heterocycles. The van der Waals surface area contributed by atoms with Gasteiger partial charge in [-0.15, -0.1) is 11.8 Å². The normalized spacial score (nSPS) is 11.4. The number of benzene rings is 4. The fourth-order valence-corrected chi connectivity index (χ4v) is 4.81. The molecule has 7 nitrogen and oxygen atoms in total. The van der Waals surface area contributed by atoms with Gasteiger partial charge >= 0.3 is 0 Å². The molecule has 1 unspecified atom stereocenters. The molecule has 0 aliphatic carbocycles. The van der Waals surface area contributed by atoms with E-state index >= 15 is 0 Å². The Kier molecular flexibility index (Phi) is 8.45. The first-order chi connectivity index (χ1) is 17.8. The Hall–Kier alpha value is -3.85. The van der Waals surface area contributed by atoms with Crippen molar-refractivity contribution in [1.82, 2.24) is 0 Å². The molecule has 186 valence electrons. The number of halogens is 2. The molecule has 4 rings (SSSR count). The topological polar surface area (TPSA) is 101 Å². The van der Waals surface area contributed by atoms with E-state index in [1.807, 2.05) is 36.4 Å². The van der Waals surface area contributed by atoms with Gasteiger partial charge in [-0.3, -0.25) is 19.7 Å². The summed E-state index contributed by atoms with van der Waals surface area (Å²) in [4.78, 5) is 37.2. The van der Waals surface area contributed by atoms with Gasteiger partial charge in [0.1, 0.15) is 5.25 Å². The maximum atomic E-state index is 13.3. The van der Waals surface area contributed by atoms with Crippen LogP contribution in [0, 0.1) is 10.1 Å². The molecule has 0 heterocycles. The van der Waals surface area contributed by atoms with Gasteiger partial charge in [0.25, 0.3) is 11.6 Å². The Bertz CT molecular complexity index is 1470. The second-order valence-corrected chi connectivity index (χ2v) is 9.81. The van der Waals surface area contributed by atoms with Gasteiger partial charge in [-0.1, -0.05) is 65.7 Å². The fourth-order valence-electron chi connectivity index (χ4n) is 3.43. The monoisotopic (exact) mass is 551 g/mol. The first-order valence-corrected chi connectivity index (χ1v) is 12.6. The Balaban J connectivity index is 1.54. The number of nitro groups is 1. The van der Waals surface area contributed by atoms with E-state index in [2.05, 4.69) is 10.6 Å². The molecule has 4 aromatic rings. The summed E-state index contributed by atoms with van der Waals surface area (Å²) in [6, 6.07) is 26.7. The van der Waals surface area contributed by atoms with Crippen LogP contribution in [0.25, 0.3) is 0 Å². The molecule has 0 spiro atoms. The van der Waals surface area contributed by atoms with Gasteiger partial charge in [0.05, 0.1) is 15.0 Å². The van der Waals surface area contributed by atoms with Crippen LogP contribution in [0.5, 0.6) is 0 Å². The van der Waals surface area contributed by atoms with E-state index in [0.717, 1.165) is 10.5 Å². The van der Waals surface area contributed by atoms with Crippen molar-refractivity contribution in [3.05, 3.63) is 128 Å². The molecule has 0 saturated carbocycles. The van der Waals surface area contributed by atoms with Crippen molar-refractivity contribution < 1.29 is 14.5 Å². The molecule has 2 amide bonds. The van der Waals surface area contributed by atoms with Crippen LogP contribution in [0.3, 0.4) is 0 Å². The minimum Gasteiger partial charge on any atom is -0.325 e. The number of anilines is 2. The third-order valence-electron chi connectivity index (χ3n) is 5.19. The van der Waals surface area contributed by atoms with Crippen LogP contribution in [0.2, 0.25) is 10.0 Å². The lowest BCUT2D eigenvalue weighted by Crippen LogP contribution is -2.19. The molecule has 0 fully saturated rings. The zero-order chi connectivity index (χ0) is 26.4. The average Bonchev–Trinajstić information content (AvgIpc) is 2.90. The first-order valence-electron chi connectivity index (χ1n) is 10.9. The third kappa shape index (κ3) is 6.89. The lowest BCUT2D eigenvalue weighted by Gasteiger charge is -2.18. The third-order valence-corrected chi connectivity index (χ3v) is 7.18.